The molecule has 0 N–H and O–H groups in total. The first-order valence-electron chi connectivity index (χ1n) is 10.4. The number of hydrogen-bond donors (Lipinski definition) is 0. The highest BCUT2D eigenvalue weighted by molar-refractivity contribution is 5.98. The number of benzene rings is 3. The molecule has 0 spiro atoms. The molecule has 0 aliphatic carbocycles. The number of carbonyl (C=O) groups excluding carboxylic acids is 1. The predicted octanol–water partition coefficient (Wildman–Crippen LogP) is 6.83. The number of alkyl halides is 3. The number of hydroxylamine groups is 1. The van der Waals surface area contributed by atoms with Crippen molar-refractivity contribution in [1.29, 1.82) is 0 Å². The Hall–Kier alpha value is -3.87. The molecule has 4 rings (SSSR count). The van der Waals surface area contributed by atoms with E-state index in [-0.39, 0.29) is 5.52 Å². The number of nitrogens with zero attached hydrogens (tertiary/aromatic N) is 2. The van der Waals surface area contributed by atoms with E-state index in [4.69, 9.17) is 4.84 Å². The Balaban J connectivity index is 1.76. The van der Waals surface area contributed by atoms with Gasteiger partial charge in [0.1, 0.15) is 0 Å². The first-order chi connectivity index (χ1) is 15.8. The van der Waals surface area contributed by atoms with Crippen LogP contribution in [0.1, 0.15) is 28.4 Å². The SMILES string of the molecule is CCN(OC(=O)c1ccccc1)c1cccc(-c2c(C)cnc3c(C(F)(F)F)cccc23)c1. The molecule has 0 aliphatic rings. The Bertz CT molecular complexity index is 1300. The van der Waals surface area contributed by atoms with Crippen LogP contribution in [0.2, 0.25) is 0 Å². The molecular formula is C26H21F3N2O2. The van der Waals surface area contributed by atoms with Gasteiger partial charge in [0.2, 0.25) is 0 Å². The molecule has 3 aromatic carbocycles. The highest BCUT2D eigenvalue weighted by atomic mass is 19.4. The highest BCUT2D eigenvalue weighted by Crippen LogP contribution is 2.39. The Kier molecular flexibility index (Phi) is 6.05. The maximum atomic E-state index is 13.5. The van der Waals surface area contributed by atoms with Crippen molar-refractivity contribution >= 4 is 22.6 Å². The number of aryl methyl sites for hydroxylation is 1. The van der Waals surface area contributed by atoms with Crippen molar-refractivity contribution in [3.8, 4) is 11.1 Å². The van der Waals surface area contributed by atoms with Gasteiger partial charge in [-0.3, -0.25) is 4.98 Å². The summed E-state index contributed by atoms with van der Waals surface area (Å²) in [4.78, 5) is 22.2. The first kappa shape index (κ1) is 22.3. The van der Waals surface area contributed by atoms with E-state index >= 15 is 0 Å². The molecule has 33 heavy (non-hydrogen) atoms. The molecule has 0 aliphatic heterocycles. The minimum atomic E-state index is -4.51. The van der Waals surface area contributed by atoms with Gasteiger partial charge in [0.25, 0.3) is 0 Å². The second-order valence-corrected chi connectivity index (χ2v) is 7.51. The van der Waals surface area contributed by atoms with Crippen LogP contribution in [0.3, 0.4) is 0 Å². The average molecular weight is 450 g/mol. The fraction of sp³-hybridized carbons (Fsp3) is 0.154. The van der Waals surface area contributed by atoms with Gasteiger partial charge in [0.05, 0.1) is 28.9 Å². The zero-order chi connectivity index (χ0) is 23.6. The third-order valence-electron chi connectivity index (χ3n) is 5.31. The normalized spacial score (nSPS) is 11.4. The minimum Gasteiger partial charge on any atom is -0.335 e. The van der Waals surface area contributed by atoms with Gasteiger partial charge in [0, 0.05) is 11.6 Å². The summed E-state index contributed by atoms with van der Waals surface area (Å²) in [5.41, 5.74) is 2.24. The molecule has 0 bridgehead atoms. The summed E-state index contributed by atoms with van der Waals surface area (Å²) in [7, 11) is 0. The van der Waals surface area contributed by atoms with E-state index in [1.165, 1.54) is 17.3 Å². The van der Waals surface area contributed by atoms with Gasteiger partial charge in [-0.1, -0.05) is 42.5 Å². The van der Waals surface area contributed by atoms with Crippen LogP contribution in [0, 0.1) is 6.92 Å². The molecule has 0 atom stereocenters. The van der Waals surface area contributed by atoms with Crippen molar-refractivity contribution < 1.29 is 22.8 Å². The molecule has 0 saturated heterocycles. The van der Waals surface area contributed by atoms with E-state index in [0.717, 1.165) is 11.6 Å². The maximum absolute atomic E-state index is 13.5. The van der Waals surface area contributed by atoms with Crippen molar-refractivity contribution in [2.75, 3.05) is 11.6 Å². The molecule has 0 radical (unpaired) electrons. The summed E-state index contributed by atoms with van der Waals surface area (Å²) in [6.45, 7) is 4.03. The predicted molar refractivity (Wildman–Crippen MR) is 122 cm³/mol. The molecule has 7 heteroatoms. The zero-order valence-electron chi connectivity index (χ0n) is 18.1. The van der Waals surface area contributed by atoms with Crippen molar-refractivity contribution in [1.82, 2.24) is 4.98 Å². The molecule has 4 nitrogen and oxygen atoms in total. The van der Waals surface area contributed by atoms with Crippen molar-refractivity contribution in [2.24, 2.45) is 0 Å². The van der Waals surface area contributed by atoms with E-state index in [2.05, 4.69) is 4.98 Å². The van der Waals surface area contributed by atoms with E-state index in [1.54, 1.807) is 48.5 Å². The number of halogens is 3. The van der Waals surface area contributed by atoms with Crippen LogP contribution in [0.25, 0.3) is 22.0 Å². The lowest BCUT2D eigenvalue weighted by Crippen LogP contribution is -2.27. The third kappa shape index (κ3) is 4.53. The fourth-order valence-electron chi connectivity index (χ4n) is 3.78. The topological polar surface area (TPSA) is 42.4 Å². The minimum absolute atomic E-state index is 0.0983. The molecular weight excluding hydrogens is 429 g/mol. The Morgan fingerprint density at radius 1 is 1.00 bits per heavy atom. The van der Waals surface area contributed by atoms with Crippen molar-refractivity contribution in [3.05, 3.63) is 95.7 Å². The Morgan fingerprint density at radius 2 is 1.73 bits per heavy atom. The summed E-state index contributed by atoms with van der Waals surface area (Å²) in [6.07, 6.45) is -3.06. The second kappa shape index (κ2) is 8.94. The van der Waals surface area contributed by atoms with Gasteiger partial charge >= 0.3 is 12.1 Å². The summed E-state index contributed by atoms with van der Waals surface area (Å²) in [5.74, 6) is -0.497. The van der Waals surface area contributed by atoms with Gasteiger partial charge in [0.15, 0.2) is 0 Å². The Labute approximate surface area is 189 Å². The third-order valence-corrected chi connectivity index (χ3v) is 5.31. The zero-order valence-corrected chi connectivity index (χ0v) is 18.1. The molecule has 0 saturated carbocycles. The lowest BCUT2D eigenvalue weighted by Gasteiger charge is -2.22. The summed E-state index contributed by atoms with van der Waals surface area (Å²) in [5, 5.41) is 1.87. The second-order valence-electron chi connectivity index (χ2n) is 7.51. The number of aromatic nitrogens is 1. The quantitative estimate of drug-likeness (QED) is 0.313. The average Bonchev–Trinajstić information content (AvgIpc) is 2.82. The van der Waals surface area contributed by atoms with Crippen LogP contribution in [0.5, 0.6) is 0 Å². The molecule has 0 fully saturated rings. The van der Waals surface area contributed by atoms with Crippen LogP contribution in [-0.4, -0.2) is 17.5 Å². The van der Waals surface area contributed by atoms with Crippen molar-refractivity contribution in [2.45, 2.75) is 20.0 Å². The fourth-order valence-corrected chi connectivity index (χ4v) is 3.78. The van der Waals surface area contributed by atoms with E-state index in [9.17, 15) is 18.0 Å². The van der Waals surface area contributed by atoms with Crippen LogP contribution < -0.4 is 5.06 Å². The van der Waals surface area contributed by atoms with E-state index in [0.29, 0.717) is 34.3 Å². The molecule has 1 aromatic heterocycles. The molecule has 1 heterocycles. The summed E-state index contributed by atoms with van der Waals surface area (Å²) in [6, 6.07) is 19.9. The number of anilines is 1. The van der Waals surface area contributed by atoms with Crippen LogP contribution in [-0.2, 0) is 11.0 Å². The van der Waals surface area contributed by atoms with Gasteiger partial charge < -0.3 is 4.84 Å². The lowest BCUT2D eigenvalue weighted by atomic mass is 9.95. The maximum Gasteiger partial charge on any atom is 0.418 e. The van der Waals surface area contributed by atoms with Gasteiger partial charge in [-0.05, 0) is 60.9 Å². The molecule has 0 amide bonds. The summed E-state index contributed by atoms with van der Waals surface area (Å²) < 4.78 is 40.6. The number of carbonyl (C=O) groups is 1. The standard InChI is InChI=1S/C26H21F3N2O2/c1-3-31(33-25(32)18-9-5-4-6-10-18)20-12-7-11-19(15-20)23-17(2)16-30-24-21(23)13-8-14-22(24)26(27,28)29/h4-16H,3H2,1-2H3. The number of fused-ring (bicyclic) bond motifs is 1. The van der Waals surface area contributed by atoms with Crippen LogP contribution in [0.4, 0.5) is 18.9 Å². The molecule has 4 aromatic rings. The number of para-hydroxylation sites is 1. The number of rotatable bonds is 5. The summed E-state index contributed by atoms with van der Waals surface area (Å²) >= 11 is 0. The van der Waals surface area contributed by atoms with Gasteiger partial charge in [-0.25, -0.2) is 9.86 Å². The monoisotopic (exact) mass is 450 g/mol. The van der Waals surface area contributed by atoms with Crippen molar-refractivity contribution in [3.63, 3.8) is 0 Å². The highest BCUT2D eigenvalue weighted by Gasteiger charge is 2.33. The molecule has 0 unspecified atom stereocenters. The first-order valence-corrected chi connectivity index (χ1v) is 10.4. The van der Waals surface area contributed by atoms with E-state index < -0.39 is 17.7 Å². The van der Waals surface area contributed by atoms with Crippen LogP contribution >= 0.6 is 0 Å². The van der Waals surface area contributed by atoms with Crippen LogP contribution in [0.15, 0.2) is 79.0 Å². The smallest absolute Gasteiger partial charge is 0.335 e. The number of pyridine rings is 1. The van der Waals surface area contributed by atoms with E-state index in [1.807, 2.05) is 26.0 Å². The lowest BCUT2D eigenvalue weighted by molar-refractivity contribution is -0.136. The number of hydrogen-bond acceptors (Lipinski definition) is 4. The van der Waals surface area contributed by atoms with Gasteiger partial charge in [-0.2, -0.15) is 13.2 Å². The van der Waals surface area contributed by atoms with Gasteiger partial charge in [-0.15, -0.1) is 0 Å². The largest absolute Gasteiger partial charge is 0.418 e. The molecule has 168 valence electrons. The Morgan fingerprint density at radius 3 is 2.42 bits per heavy atom.